The number of hydrogen-bond acceptors (Lipinski definition) is 5. The van der Waals surface area contributed by atoms with Gasteiger partial charge < -0.3 is 15.8 Å². The van der Waals surface area contributed by atoms with Crippen molar-refractivity contribution < 1.29 is 4.74 Å². The van der Waals surface area contributed by atoms with Gasteiger partial charge in [-0.05, 0) is 19.4 Å². The third-order valence-electron chi connectivity index (χ3n) is 1.99. The van der Waals surface area contributed by atoms with Gasteiger partial charge in [-0.2, -0.15) is 5.26 Å². The van der Waals surface area contributed by atoms with Gasteiger partial charge in [0.05, 0.1) is 17.4 Å². The van der Waals surface area contributed by atoms with E-state index in [0.29, 0.717) is 23.7 Å². The summed E-state index contributed by atoms with van der Waals surface area (Å²) in [5, 5.41) is 12.0. The molecule has 0 aromatic carbocycles. The molecular formula is C11H16N4O. The Morgan fingerprint density at radius 2 is 2.44 bits per heavy atom. The molecule has 0 spiro atoms. The zero-order chi connectivity index (χ0) is 11.8. The van der Waals surface area contributed by atoms with Crippen LogP contribution in [0.3, 0.4) is 0 Å². The van der Waals surface area contributed by atoms with Crippen LogP contribution in [-0.2, 0) is 4.74 Å². The van der Waals surface area contributed by atoms with E-state index in [-0.39, 0.29) is 0 Å². The number of hydrogen-bond donors (Lipinski definition) is 2. The highest BCUT2D eigenvalue weighted by Crippen LogP contribution is 2.13. The smallest absolute Gasteiger partial charge is 0.144 e. The number of ether oxygens (including phenoxy) is 1. The molecule has 0 aliphatic carbocycles. The maximum Gasteiger partial charge on any atom is 0.144 e. The van der Waals surface area contributed by atoms with E-state index in [1.165, 1.54) is 6.20 Å². The van der Waals surface area contributed by atoms with Gasteiger partial charge in [0.15, 0.2) is 0 Å². The largest absolute Gasteiger partial charge is 0.397 e. The molecule has 0 amide bonds. The van der Waals surface area contributed by atoms with E-state index in [9.17, 15) is 0 Å². The summed E-state index contributed by atoms with van der Waals surface area (Å²) >= 11 is 0. The first kappa shape index (κ1) is 12.3. The van der Waals surface area contributed by atoms with Crippen molar-refractivity contribution >= 4 is 11.5 Å². The van der Waals surface area contributed by atoms with Crippen molar-refractivity contribution in [3.63, 3.8) is 0 Å². The zero-order valence-electron chi connectivity index (χ0n) is 9.36. The Labute approximate surface area is 95.2 Å². The first-order valence-electron chi connectivity index (χ1n) is 5.25. The molecule has 0 atom stereocenters. The van der Waals surface area contributed by atoms with E-state index >= 15 is 0 Å². The van der Waals surface area contributed by atoms with Crippen molar-refractivity contribution in [3.05, 3.63) is 17.8 Å². The maximum absolute atomic E-state index is 8.87. The van der Waals surface area contributed by atoms with Crippen molar-refractivity contribution in [2.45, 2.75) is 13.3 Å². The number of nitrogens with zero attached hydrogens (tertiary/aromatic N) is 2. The Balaban J connectivity index is 2.45. The van der Waals surface area contributed by atoms with Crippen molar-refractivity contribution in [2.24, 2.45) is 0 Å². The Morgan fingerprint density at radius 3 is 3.12 bits per heavy atom. The Hall–Kier alpha value is -1.80. The van der Waals surface area contributed by atoms with Crippen molar-refractivity contribution in [1.82, 2.24) is 4.98 Å². The molecular weight excluding hydrogens is 204 g/mol. The van der Waals surface area contributed by atoms with Crippen LogP contribution in [0.15, 0.2) is 12.3 Å². The number of aromatic nitrogens is 1. The first-order valence-corrected chi connectivity index (χ1v) is 5.25. The van der Waals surface area contributed by atoms with Crippen molar-refractivity contribution in [2.75, 3.05) is 30.8 Å². The SMILES string of the molecule is CCOCCCNc1ncc(N)cc1C#N. The van der Waals surface area contributed by atoms with Gasteiger partial charge in [0.1, 0.15) is 11.9 Å². The summed E-state index contributed by atoms with van der Waals surface area (Å²) in [6, 6.07) is 3.66. The summed E-state index contributed by atoms with van der Waals surface area (Å²) in [4.78, 5) is 4.07. The number of nitrogens with two attached hydrogens (primary N) is 1. The highest BCUT2D eigenvalue weighted by atomic mass is 16.5. The Kier molecular flexibility index (Phi) is 5.09. The second-order valence-electron chi connectivity index (χ2n) is 3.25. The molecule has 0 saturated heterocycles. The van der Waals surface area contributed by atoms with Crippen LogP contribution in [0, 0.1) is 11.3 Å². The van der Waals surface area contributed by atoms with Gasteiger partial charge in [-0.3, -0.25) is 0 Å². The fourth-order valence-corrected chi connectivity index (χ4v) is 1.23. The lowest BCUT2D eigenvalue weighted by molar-refractivity contribution is 0.147. The molecule has 0 bridgehead atoms. The van der Waals surface area contributed by atoms with Crippen LogP contribution >= 0.6 is 0 Å². The molecule has 0 aliphatic heterocycles. The third kappa shape index (κ3) is 3.75. The lowest BCUT2D eigenvalue weighted by Crippen LogP contribution is -2.08. The van der Waals surface area contributed by atoms with E-state index in [1.807, 2.05) is 6.92 Å². The van der Waals surface area contributed by atoms with Crippen LogP contribution in [0.4, 0.5) is 11.5 Å². The molecule has 16 heavy (non-hydrogen) atoms. The molecule has 1 aromatic heterocycles. The predicted octanol–water partition coefficient (Wildman–Crippen LogP) is 1.37. The topological polar surface area (TPSA) is 84.0 Å². The molecule has 1 heterocycles. The van der Waals surface area contributed by atoms with Gasteiger partial charge in [0, 0.05) is 19.8 Å². The number of rotatable bonds is 6. The van der Waals surface area contributed by atoms with Crippen molar-refractivity contribution in [3.8, 4) is 6.07 Å². The zero-order valence-corrected chi connectivity index (χ0v) is 9.36. The van der Waals surface area contributed by atoms with Crippen molar-refractivity contribution in [1.29, 1.82) is 5.26 Å². The van der Waals surface area contributed by atoms with Gasteiger partial charge in [-0.15, -0.1) is 0 Å². The normalized spacial score (nSPS) is 9.75. The molecule has 0 fully saturated rings. The number of nitriles is 1. The Bertz CT molecular complexity index is 373. The summed E-state index contributed by atoms with van der Waals surface area (Å²) in [5.74, 6) is 0.577. The summed E-state index contributed by atoms with van der Waals surface area (Å²) < 4.78 is 5.20. The molecule has 5 nitrogen and oxygen atoms in total. The van der Waals surface area contributed by atoms with E-state index in [4.69, 9.17) is 15.7 Å². The number of pyridine rings is 1. The fourth-order valence-electron chi connectivity index (χ4n) is 1.23. The lowest BCUT2D eigenvalue weighted by atomic mass is 10.2. The number of nitrogen functional groups attached to an aromatic ring is 1. The van der Waals surface area contributed by atoms with Gasteiger partial charge in [-0.25, -0.2) is 4.98 Å². The molecule has 0 unspecified atom stereocenters. The molecule has 5 heteroatoms. The second-order valence-corrected chi connectivity index (χ2v) is 3.25. The van der Waals surface area contributed by atoms with Gasteiger partial charge in [0.25, 0.3) is 0 Å². The summed E-state index contributed by atoms with van der Waals surface area (Å²) in [6.07, 6.45) is 2.41. The van der Waals surface area contributed by atoms with E-state index in [1.54, 1.807) is 6.07 Å². The van der Waals surface area contributed by atoms with E-state index in [2.05, 4.69) is 16.4 Å². The van der Waals surface area contributed by atoms with Crippen LogP contribution in [0.2, 0.25) is 0 Å². The molecule has 1 aromatic rings. The minimum atomic E-state index is 0.469. The maximum atomic E-state index is 8.87. The minimum absolute atomic E-state index is 0.469. The van der Waals surface area contributed by atoms with Crippen LogP contribution in [0.5, 0.6) is 0 Å². The molecule has 1 rings (SSSR count). The monoisotopic (exact) mass is 220 g/mol. The highest BCUT2D eigenvalue weighted by molar-refractivity contribution is 5.57. The quantitative estimate of drug-likeness (QED) is 0.707. The first-order chi connectivity index (χ1) is 7.77. The average molecular weight is 220 g/mol. The minimum Gasteiger partial charge on any atom is -0.397 e. The highest BCUT2D eigenvalue weighted by Gasteiger charge is 2.02. The molecule has 3 N–H and O–H groups in total. The predicted molar refractivity (Wildman–Crippen MR) is 63.0 cm³/mol. The molecule has 0 radical (unpaired) electrons. The summed E-state index contributed by atoms with van der Waals surface area (Å²) in [7, 11) is 0. The van der Waals surface area contributed by atoms with Crippen LogP contribution in [-0.4, -0.2) is 24.7 Å². The van der Waals surface area contributed by atoms with Crippen LogP contribution in [0.1, 0.15) is 18.9 Å². The fraction of sp³-hybridized carbons (Fsp3) is 0.455. The van der Waals surface area contributed by atoms with Crippen LogP contribution < -0.4 is 11.1 Å². The third-order valence-corrected chi connectivity index (χ3v) is 1.99. The van der Waals surface area contributed by atoms with Gasteiger partial charge in [0.2, 0.25) is 0 Å². The standard InChI is InChI=1S/C11H16N4O/c1-2-16-5-3-4-14-11-9(7-12)6-10(13)8-15-11/h6,8H,2-5,13H2,1H3,(H,14,15). The number of anilines is 2. The lowest BCUT2D eigenvalue weighted by Gasteiger charge is -2.07. The average Bonchev–Trinajstić information content (AvgIpc) is 2.30. The van der Waals surface area contributed by atoms with Crippen LogP contribution in [0.25, 0.3) is 0 Å². The Morgan fingerprint density at radius 1 is 1.62 bits per heavy atom. The summed E-state index contributed by atoms with van der Waals surface area (Å²) in [6.45, 7) is 4.12. The molecule has 86 valence electrons. The molecule has 0 saturated carbocycles. The number of nitrogens with one attached hydrogen (secondary N) is 1. The molecule has 0 aliphatic rings. The van der Waals surface area contributed by atoms with E-state index < -0.39 is 0 Å². The van der Waals surface area contributed by atoms with Gasteiger partial charge >= 0.3 is 0 Å². The second kappa shape index (κ2) is 6.64. The van der Waals surface area contributed by atoms with Gasteiger partial charge in [-0.1, -0.05) is 0 Å². The van der Waals surface area contributed by atoms with E-state index in [0.717, 1.165) is 19.6 Å². The summed E-state index contributed by atoms with van der Waals surface area (Å²) in [5.41, 5.74) is 6.50.